The zero-order valence-electron chi connectivity index (χ0n) is 9.55. The van der Waals surface area contributed by atoms with Crippen molar-refractivity contribution < 1.29 is 4.79 Å². The van der Waals surface area contributed by atoms with E-state index in [2.05, 4.69) is 26.0 Å². The highest BCUT2D eigenvalue weighted by Gasteiger charge is 2.16. The number of carbonyl (C=O) groups is 1. The largest absolute Gasteiger partial charge is 0.293 e. The number of rotatable bonds is 4. The summed E-state index contributed by atoms with van der Waals surface area (Å²) in [6, 6.07) is 2.09. The van der Waals surface area contributed by atoms with Crippen molar-refractivity contribution >= 4 is 33.0 Å². The van der Waals surface area contributed by atoms with Crippen LogP contribution in [0.3, 0.4) is 0 Å². The second-order valence-corrected chi connectivity index (χ2v) is 5.68. The SMILES string of the molecule is CC(C)n1ncnc1CC(=O)c1sccc1Br. The number of hydrogen-bond donors (Lipinski definition) is 0. The average molecular weight is 314 g/mol. The van der Waals surface area contributed by atoms with Crippen LogP contribution in [0.5, 0.6) is 0 Å². The van der Waals surface area contributed by atoms with Gasteiger partial charge in [-0.2, -0.15) is 5.10 Å². The Morgan fingerprint density at radius 2 is 2.35 bits per heavy atom. The van der Waals surface area contributed by atoms with Gasteiger partial charge < -0.3 is 0 Å². The van der Waals surface area contributed by atoms with E-state index in [9.17, 15) is 4.79 Å². The van der Waals surface area contributed by atoms with Gasteiger partial charge >= 0.3 is 0 Å². The molecule has 0 fully saturated rings. The number of thiophene rings is 1. The molecule has 2 rings (SSSR count). The summed E-state index contributed by atoms with van der Waals surface area (Å²) < 4.78 is 2.63. The first-order valence-electron chi connectivity index (χ1n) is 5.24. The van der Waals surface area contributed by atoms with Crippen molar-refractivity contribution in [2.45, 2.75) is 26.3 Å². The molecule has 0 aliphatic heterocycles. The lowest BCUT2D eigenvalue weighted by atomic mass is 10.2. The van der Waals surface area contributed by atoms with Crippen LogP contribution in [0.1, 0.15) is 35.4 Å². The lowest BCUT2D eigenvalue weighted by Crippen LogP contribution is -2.12. The predicted molar refractivity (Wildman–Crippen MR) is 70.5 cm³/mol. The van der Waals surface area contributed by atoms with Crippen LogP contribution < -0.4 is 0 Å². The molecule has 2 aromatic rings. The van der Waals surface area contributed by atoms with Gasteiger partial charge in [0.05, 0.1) is 11.3 Å². The second-order valence-electron chi connectivity index (χ2n) is 3.91. The van der Waals surface area contributed by atoms with E-state index in [1.807, 2.05) is 25.3 Å². The van der Waals surface area contributed by atoms with E-state index in [1.54, 1.807) is 4.68 Å². The Morgan fingerprint density at radius 1 is 1.59 bits per heavy atom. The fourth-order valence-electron chi connectivity index (χ4n) is 1.55. The maximum absolute atomic E-state index is 12.1. The minimum Gasteiger partial charge on any atom is -0.293 e. The molecule has 2 heterocycles. The summed E-state index contributed by atoms with van der Waals surface area (Å²) in [6.07, 6.45) is 1.78. The summed E-state index contributed by atoms with van der Waals surface area (Å²) in [4.78, 5) is 16.9. The van der Waals surface area contributed by atoms with Gasteiger partial charge in [-0.05, 0) is 41.2 Å². The van der Waals surface area contributed by atoms with Gasteiger partial charge in [0, 0.05) is 10.5 Å². The van der Waals surface area contributed by atoms with Crippen molar-refractivity contribution in [2.24, 2.45) is 0 Å². The number of Topliss-reactive ketones (excluding diaryl/α,β-unsaturated/α-hetero) is 1. The number of halogens is 1. The van der Waals surface area contributed by atoms with Crippen LogP contribution >= 0.6 is 27.3 Å². The lowest BCUT2D eigenvalue weighted by molar-refractivity contribution is 0.0992. The van der Waals surface area contributed by atoms with Crippen LogP contribution in [0, 0.1) is 0 Å². The summed E-state index contributed by atoms with van der Waals surface area (Å²) in [5.74, 6) is 0.784. The van der Waals surface area contributed by atoms with E-state index in [-0.39, 0.29) is 18.2 Å². The molecule has 0 amide bonds. The third-order valence-corrected chi connectivity index (χ3v) is 4.20. The van der Waals surface area contributed by atoms with E-state index in [0.29, 0.717) is 5.82 Å². The van der Waals surface area contributed by atoms with Crippen LogP contribution in [0.15, 0.2) is 22.2 Å². The van der Waals surface area contributed by atoms with E-state index in [1.165, 1.54) is 17.7 Å². The monoisotopic (exact) mass is 313 g/mol. The minimum atomic E-state index is 0.0711. The first-order chi connectivity index (χ1) is 8.09. The van der Waals surface area contributed by atoms with E-state index >= 15 is 0 Å². The van der Waals surface area contributed by atoms with E-state index < -0.39 is 0 Å². The minimum absolute atomic E-state index is 0.0711. The molecule has 6 heteroatoms. The number of aromatic nitrogens is 3. The van der Waals surface area contributed by atoms with Gasteiger partial charge in [-0.25, -0.2) is 9.67 Å². The number of hydrogen-bond acceptors (Lipinski definition) is 4. The maximum Gasteiger partial charge on any atom is 0.181 e. The molecule has 0 N–H and O–H groups in total. The van der Waals surface area contributed by atoms with Crippen molar-refractivity contribution in [1.29, 1.82) is 0 Å². The van der Waals surface area contributed by atoms with E-state index in [0.717, 1.165) is 9.35 Å². The number of nitrogens with zero attached hydrogens (tertiary/aromatic N) is 3. The Morgan fingerprint density at radius 3 is 2.94 bits per heavy atom. The highest BCUT2D eigenvalue weighted by Crippen LogP contribution is 2.24. The molecular formula is C11H12BrN3OS. The third kappa shape index (κ3) is 2.63. The molecule has 0 bridgehead atoms. The zero-order valence-corrected chi connectivity index (χ0v) is 12.0. The molecule has 17 heavy (non-hydrogen) atoms. The van der Waals surface area contributed by atoms with Crippen LogP contribution in [0.2, 0.25) is 0 Å². The summed E-state index contributed by atoms with van der Waals surface area (Å²) in [7, 11) is 0. The maximum atomic E-state index is 12.1. The molecule has 0 unspecified atom stereocenters. The van der Waals surface area contributed by atoms with Crippen molar-refractivity contribution in [3.8, 4) is 0 Å². The van der Waals surface area contributed by atoms with Gasteiger partial charge in [-0.3, -0.25) is 4.79 Å². The molecule has 2 aromatic heterocycles. The summed E-state index contributed by atoms with van der Waals surface area (Å²) in [5, 5.41) is 6.01. The summed E-state index contributed by atoms with van der Waals surface area (Å²) in [5.41, 5.74) is 0. The highest BCUT2D eigenvalue weighted by atomic mass is 79.9. The zero-order chi connectivity index (χ0) is 12.4. The van der Waals surface area contributed by atoms with Crippen molar-refractivity contribution in [3.63, 3.8) is 0 Å². The fraction of sp³-hybridized carbons (Fsp3) is 0.364. The van der Waals surface area contributed by atoms with Crippen LogP contribution in [-0.2, 0) is 6.42 Å². The van der Waals surface area contributed by atoms with Gasteiger partial charge in [-0.1, -0.05) is 0 Å². The molecule has 0 saturated carbocycles. The van der Waals surface area contributed by atoms with Crippen molar-refractivity contribution in [3.05, 3.63) is 32.9 Å². The molecule has 0 radical (unpaired) electrons. The predicted octanol–water partition coefficient (Wildman–Crippen LogP) is 3.11. The first kappa shape index (κ1) is 12.4. The molecule has 0 saturated heterocycles. The Bertz CT molecular complexity index is 532. The smallest absolute Gasteiger partial charge is 0.181 e. The van der Waals surface area contributed by atoms with Crippen LogP contribution in [-0.4, -0.2) is 20.5 Å². The van der Waals surface area contributed by atoms with Gasteiger partial charge in [0.1, 0.15) is 12.2 Å². The molecule has 4 nitrogen and oxygen atoms in total. The molecule has 90 valence electrons. The Balaban J connectivity index is 2.19. The Labute approximate surface area is 112 Å². The number of ketones is 1. The molecule has 0 atom stereocenters. The Hall–Kier alpha value is -1.01. The normalized spacial score (nSPS) is 11.1. The van der Waals surface area contributed by atoms with Gasteiger partial charge in [0.15, 0.2) is 5.78 Å². The standard InChI is InChI=1S/C11H12BrN3OS/c1-7(2)15-10(13-6-14-15)5-9(16)11-8(12)3-4-17-11/h3-4,6-7H,5H2,1-2H3. The van der Waals surface area contributed by atoms with Crippen molar-refractivity contribution in [1.82, 2.24) is 14.8 Å². The van der Waals surface area contributed by atoms with E-state index in [4.69, 9.17) is 0 Å². The molecule has 0 aromatic carbocycles. The Kier molecular flexibility index (Phi) is 3.73. The quantitative estimate of drug-likeness (QED) is 0.815. The highest BCUT2D eigenvalue weighted by molar-refractivity contribution is 9.10. The fourth-order valence-corrected chi connectivity index (χ4v) is 3.08. The second kappa shape index (κ2) is 5.10. The molecule has 0 aliphatic carbocycles. The van der Waals surface area contributed by atoms with Crippen LogP contribution in [0.25, 0.3) is 0 Å². The summed E-state index contributed by atoms with van der Waals surface area (Å²) in [6.45, 7) is 4.04. The van der Waals surface area contributed by atoms with Gasteiger partial charge in [0.25, 0.3) is 0 Å². The average Bonchev–Trinajstić information content (AvgIpc) is 2.86. The molecular weight excluding hydrogens is 302 g/mol. The summed E-state index contributed by atoms with van der Waals surface area (Å²) >= 11 is 4.81. The van der Waals surface area contributed by atoms with Crippen LogP contribution in [0.4, 0.5) is 0 Å². The topological polar surface area (TPSA) is 47.8 Å². The van der Waals surface area contributed by atoms with Gasteiger partial charge in [-0.15, -0.1) is 11.3 Å². The van der Waals surface area contributed by atoms with Crippen molar-refractivity contribution in [2.75, 3.05) is 0 Å². The first-order valence-corrected chi connectivity index (χ1v) is 6.91. The molecule has 0 aliphatic rings. The molecule has 0 spiro atoms. The van der Waals surface area contributed by atoms with Gasteiger partial charge in [0.2, 0.25) is 0 Å². The number of carbonyl (C=O) groups excluding carboxylic acids is 1. The lowest BCUT2D eigenvalue weighted by Gasteiger charge is -2.08. The third-order valence-electron chi connectivity index (χ3n) is 2.33.